The maximum atomic E-state index is 5.31. The molecule has 0 spiro atoms. The number of nitrogens with one attached hydrogen (secondary N) is 1. The number of rotatable bonds is 3. The molecule has 3 N–H and O–H groups in total. The van der Waals surface area contributed by atoms with Crippen LogP contribution in [0.15, 0.2) is 11.8 Å². The Labute approximate surface area is 57.9 Å². The number of nitrogens with two attached hydrogens (primary N) is 1. The Morgan fingerprint density at radius 3 is 2.56 bits per heavy atom. The van der Waals surface area contributed by atoms with Gasteiger partial charge < -0.3 is 11.1 Å². The molecule has 0 aromatic carbocycles. The van der Waals surface area contributed by atoms with Crippen molar-refractivity contribution in [1.82, 2.24) is 5.32 Å². The topological polar surface area (TPSA) is 38.0 Å². The largest absolute Gasteiger partial charge is 0.392 e. The first kappa shape index (κ1) is 8.56. The zero-order valence-electron chi connectivity index (χ0n) is 6.02. The SMILES string of the molecule is [B]C(N)/C=C(/CC)NC. The van der Waals surface area contributed by atoms with Crippen molar-refractivity contribution in [3.8, 4) is 0 Å². The molecule has 0 aromatic heterocycles. The van der Waals surface area contributed by atoms with Gasteiger partial charge in [-0.1, -0.05) is 13.0 Å². The summed E-state index contributed by atoms with van der Waals surface area (Å²) >= 11 is 0. The third-order valence-corrected chi connectivity index (χ3v) is 1.10. The molecule has 2 radical (unpaired) electrons. The van der Waals surface area contributed by atoms with Crippen LogP contribution in [0.1, 0.15) is 13.3 Å². The highest BCUT2D eigenvalue weighted by Crippen LogP contribution is 1.93. The third kappa shape index (κ3) is 4.09. The lowest BCUT2D eigenvalue weighted by Gasteiger charge is -2.04. The Hall–Kier alpha value is -0.435. The van der Waals surface area contributed by atoms with Crippen LogP contribution in [0.4, 0.5) is 0 Å². The van der Waals surface area contributed by atoms with Gasteiger partial charge in [0.25, 0.3) is 0 Å². The summed E-state index contributed by atoms with van der Waals surface area (Å²) in [6, 6.07) is 0. The molecule has 0 amide bonds. The van der Waals surface area contributed by atoms with Gasteiger partial charge in [0.1, 0.15) is 0 Å². The molecule has 0 aromatic rings. The molecule has 0 saturated heterocycles. The molecule has 9 heavy (non-hydrogen) atoms. The molecule has 2 nitrogen and oxygen atoms in total. The Bertz CT molecular complexity index is 93.2. The summed E-state index contributed by atoms with van der Waals surface area (Å²) in [5.74, 6) is -0.340. The van der Waals surface area contributed by atoms with E-state index in [4.69, 9.17) is 13.6 Å². The second-order valence-corrected chi connectivity index (χ2v) is 1.87. The van der Waals surface area contributed by atoms with Crippen LogP contribution in [-0.2, 0) is 0 Å². The van der Waals surface area contributed by atoms with Crippen molar-refractivity contribution < 1.29 is 0 Å². The van der Waals surface area contributed by atoms with Gasteiger partial charge in [0.05, 0.1) is 7.85 Å². The predicted octanol–water partition coefficient (Wildman–Crippen LogP) is -0.0470. The lowest BCUT2D eigenvalue weighted by Crippen LogP contribution is -2.19. The molecule has 0 aliphatic heterocycles. The fourth-order valence-corrected chi connectivity index (χ4v) is 0.610. The maximum Gasteiger partial charge on any atom is 0.0961 e. The molecular formula is C6H13BN2. The van der Waals surface area contributed by atoms with E-state index in [2.05, 4.69) is 5.32 Å². The first-order valence-corrected chi connectivity index (χ1v) is 3.10. The first-order chi connectivity index (χ1) is 4.20. The Balaban J connectivity index is 3.75. The zero-order valence-corrected chi connectivity index (χ0v) is 6.02. The van der Waals surface area contributed by atoms with Crippen LogP contribution in [-0.4, -0.2) is 20.8 Å². The minimum atomic E-state index is -0.340. The average molecular weight is 124 g/mol. The van der Waals surface area contributed by atoms with E-state index in [-0.39, 0.29) is 5.94 Å². The lowest BCUT2D eigenvalue weighted by atomic mass is 9.96. The van der Waals surface area contributed by atoms with E-state index in [1.54, 1.807) is 6.08 Å². The van der Waals surface area contributed by atoms with Crippen LogP contribution in [0.3, 0.4) is 0 Å². The minimum Gasteiger partial charge on any atom is -0.392 e. The minimum absolute atomic E-state index is 0.340. The second kappa shape index (κ2) is 4.44. The van der Waals surface area contributed by atoms with Crippen LogP contribution in [0.2, 0.25) is 0 Å². The van der Waals surface area contributed by atoms with E-state index < -0.39 is 0 Å². The van der Waals surface area contributed by atoms with Gasteiger partial charge >= 0.3 is 0 Å². The van der Waals surface area contributed by atoms with Crippen molar-refractivity contribution in [2.24, 2.45) is 5.73 Å². The van der Waals surface area contributed by atoms with Crippen molar-refractivity contribution in [2.75, 3.05) is 7.05 Å². The highest BCUT2D eigenvalue weighted by Gasteiger charge is 1.90. The van der Waals surface area contributed by atoms with Gasteiger partial charge in [0.2, 0.25) is 0 Å². The van der Waals surface area contributed by atoms with Crippen LogP contribution < -0.4 is 11.1 Å². The fraction of sp³-hybridized carbons (Fsp3) is 0.667. The van der Waals surface area contributed by atoms with E-state index in [1.165, 1.54) is 0 Å². The van der Waals surface area contributed by atoms with Crippen molar-refractivity contribution in [2.45, 2.75) is 19.3 Å². The standard InChI is InChI=1S/C6H13BN2/c1-3-5(9-2)4-6(7)8/h4,6,9H,3,8H2,1-2H3/b5-4-. The molecule has 1 unspecified atom stereocenters. The van der Waals surface area contributed by atoms with Gasteiger partial charge in [-0.3, -0.25) is 0 Å². The molecule has 0 aliphatic rings. The Morgan fingerprint density at radius 1 is 1.89 bits per heavy atom. The summed E-state index contributed by atoms with van der Waals surface area (Å²) in [6.07, 6.45) is 2.75. The molecular weight excluding hydrogens is 111 g/mol. The van der Waals surface area contributed by atoms with Crippen molar-refractivity contribution in [3.05, 3.63) is 11.8 Å². The molecule has 0 heterocycles. The van der Waals surface area contributed by atoms with Crippen molar-refractivity contribution >= 4 is 7.85 Å². The average Bonchev–Trinajstić information content (AvgIpc) is 1.82. The summed E-state index contributed by atoms with van der Waals surface area (Å²) in [5.41, 5.74) is 6.39. The van der Waals surface area contributed by atoms with Crippen LogP contribution in [0.5, 0.6) is 0 Å². The van der Waals surface area contributed by atoms with Gasteiger partial charge in [0.15, 0.2) is 0 Å². The zero-order chi connectivity index (χ0) is 7.28. The lowest BCUT2D eigenvalue weighted by molar-refractivity contribution is 0.881. The Kier molecular flexibility index (Phi) is 4.23. The van der Waals surface area contributed by atoms with Gasteiger partial charge in [-0.05, 0) is 12.4 Å². The molecule has 50 valence electrons. The van der Waals surface area contributed by atoms with Gasteiger partial charge in [-0.15, -0.1) is 0 Å². The van der Waals surface area contributed by atoms with E-state index in [9.17, 15) is 0 Å². The molecule has 0 aliphatic carbocycles. The molecule has 0 fully saturated rings. The van der Waals surface area contributed by atoms with Gasteiger partial charge in [-0.2, -0.15) is 0 Å². The monoisotopic (exact) mass is 124 g/mol. The summed E-state index contributed by atoms with van der Waals surface area (Å²) in [4.78, 5) is 0. The van der Waals surface area contributed by atoms with Crippen molar-refractivity contribution in [3.63, 3.8) is 0 Å². The Morgan fingerprint density at radius 2 is 2.44 bits per heavy atom. The van der Waals surface area contributed by atoms with Crippen molar-refractivity contribution in [1.29, 1.82) is 0 Å². The summed E-state index contributed by atoms with van der Waals surface area (Å²) in [7, 11) is 7.16. The maximum absolute atomic E-state index is 5.31. The quantitative estimate of drug-likeness (QED) is 0.517. The molecule has 0 rings (SSSR count). The molecule has 0 saturated carbocycles. The predicted molar refractivity (Wildman–Crippen MR) is 41.2 cm³/mol. The number of allylic oxidation sites excluding steroid dienone is 1. The van der Waals surface area contributed by atoms with Crippen LogP contribution in [0, 0.1) is 0 Å². The highest BCUT2D eigenvalue weighted by atomic mass is 14.8. The molecule has 0 bridgehead atoms. The molecule has 1 atom stereocenters. The first-order valence-electron chi connectivity index (χ1n) is 3.10. The summed E-state index contributed by atoms with van der Waals surface area (Å²) in [5, 5.41) is 2.98. The summed E-state index contributed by atoms with van der Waals surface area (Å²) < 4.78 is 0. The van der Waals surface area contributed by atoms with E-state index >= 15 is 0 Å². The van der Waals surface area contributed by atoms with Crippen LogP contribution in [0.25, 0.3) is 0 Å². The summed E-state index contributed by atoms with van der Waals surface area (Å²) in [6.45, 7) is 2.05. The van der Waals surface area contributed by atoms with Gasteiger partial charge in [-0.25, -0.2) is 0 Å². The normalized spacial score (nSPS) is 15.2. The highest BCUT2D eigenvalue weighted by molar-refractivity contribution is 6.12. The van der Waals surface area contributed by atoms with E-state index in [0.29, 0.717) is 0 Å². The van der Waals surface area contributed by atoms with E-state index in [1.807, 2.05) is 14.0 Å². The molecule has 3 heteroatoms. The van der Waals surface area contributed by atoms with Gasteiger partial charge in [0, 0.05) is 12.7 Å². The number of hydrogen-bond donors (Lipinski definition) is 2. The van der Waals surface area contributed by atoms with Crippen LogP contribution >= 0.6 is 0 Å². The fourth-order valence-electron chi connectivity index (χ4n) is 0.610. The number of hydrogen-bond acceptors (Lipinski definition) is 2. The smallest absolute Gasteiger partial charge is 0.0961 e. The second-order valence-electron chi connectivity index (χ2n) is 1.87. The third-order valence-electron chi connectivity index (χ3n) is 1.10. The van der Waals surface area contributed by atoms with E-state index in [0.717, 1.165) is 12.1 Å².